The van der Waals surface area contributed by atoms with Gasteiger partial charge in [0.05, 0.1) is 12.0 Å². The maximum Gasteiger partial charge on any atom is 0.157 e. The van der Waals surface area contributed by atoms with Crippen molar-refractivity contribution in [1.82, 2.24) is 24.7 Å². The third kappa shape index (κ3) is 1.38. The van der Waals surface area contributed by atoms with Gasteiger partial charge in [-0.25, -0.2) is 9.97 Å². The van der Waals surface area contributed by atoms with E-state index in [1.165, 1.54) is 6.33 Å². The number of nitrogens with one attached hydrogen (secondary N) is 1. The lowest BCUT2D eigenvalue weighted by molar-refractivity contribution is 1.05. The third-order valence-electron chi connectivity index (χ3n) is 2.36. The Labute approximate surface area is 91.8 Å². The molecule has 0 fully saturated rings. The average Bonchev–Trinajstić information content (AvgIpc) is 3.03. The highest BCUT2D eigenvalue weighted by molar-refractivity contribution is 5.66. The third-order valence-corrected chi connectivity index (χ3v) is 2.36. The quantitative estimate of drug-likeness (QED) is 0.701. The lowest BCUT2D eigenvalue weighted by Crippen LogP contribution is -1.94. The molecular formula is C11H9N5. The van der Waals surface area contributed by atoms with Crippen LogP contribution in [-0.2, 0) is 0 Å². The largest absolute Gasteiger partial charge is 0.306 e. The van der Waals surface area contributed by atoms with Crippen LogP contribution in [0.3, 0.4) is 0 Å². The van der Waals surface area contributed by atoms with E-state index in [1.807, 2.05) is 35.0 Å². The molecule has 5 heteroatoms. The summed E-state index contributed by atoms with van der Waals surface area (Å²) in [5.41, 5.74) is 2.02. The number of H-pyrrole nitrogens is 1. The number of para-hydroxylation sites is 1. The number of hydrogen-bond donors (Lipinski definition) is 1. The van der Waals surface area contributed by atoms with Crippen LogP contribution in [0.15, 0.2) is 49.3 Å². The molecule has 3 aromatic rings. The first-order chi connectivity index (χ1) is 7.95. The molecule has 0 amide bonds. The van der Waals surface area contributed by atoms with Crippen molar-refractivity contribution in [2.75, 3.05) is 0 Å². The Morgan fingerprint density at radius 2 is 2.12 bits per heavy atom. The van der Waals surface area contributed by atoms with E-state index < -0.39 is 0 Å². The minimum Gasteiger partial charge on any atom is -0.306 e. The fourth-order valence-electron chi connectivity index (χ4n) is 1.64. The smallest absolute Gasteiger partial charge is 0.157 e. The topological polar surface area (TPSA) is 59.4 Å². The van der Waals surface area contributed by atoms with Crippen molar-refractivity contribution in [3.05, 3.63) is 49.3 Å². The van der Waals surface area contributed by atoms with E-state index in [9.17, 15) is 0 Å². The van der Waals surface area contributed by atoms with E-state index in [0.717, 1.165) is 17.1 Å². The van der Waals surface area contributed by atoms with Gasteiger partial charge in [0.1, 0.15) is 6.33 Å². The summed E-state index contributed by atoms with van der Waals surface area (Å²) < 4.78 is 1.94. The van der Waals surface area contributed by atoms with Gasteiger partial charge in [0, 0.05) is 18.0 Å². The highest BCUT2D eigenvalue weighted by Crippen LogP contribution is 2.22. The van der Waals surface area contributed by atoms with Crippen LogP contribution < -0.4 is 0 Å². The molecule has 0 unspecified atom stereocenters. The molecule has 1 N–H and O–H groups in total. The molecule has 2 aromatic heterocycles. The molecule has 0 aliphatic carbocycles. The van der Waals surface area contributed by atoms with Crippen LogP contribution in [-0.4, -0.2) is 24.7 Å². The molecule has 2 heterocycles. The summed E-state index contributed by atoms with van der Waals surface area (Å²) in [5.74, 6) is 0.754. The van der Waals surface area contributed by atoms with Crippen LogP contribution in [0.1, 0.15) is 0 Å². The Morgan fingerprint density at radius 1 is 1.19 bits per heavy atom. The molecule has 0 atom stereocenters. The summed E-state index contributed by atoms with van der Waals surface area (Å²) in [6, 6.07) is 7.96. The fourth-order valence-corrected chi connectivity index (χ4v) is 1.64. The van der Waals surface area contributed by atoms with Crippen LogP contribution in [0.4, 0.5) is 0 Å². The lowest BCUT2D eigenvalue weighted by atomic mass is 10.1. The highest BCUT2D eigenvalue weighted by Gasteiger charge is 2.07. The summed E-state index contributed by atoms with van der Waals surface area (Å²) in [7, 11) is 0. The number of hydrogen-bond acceptors (Lipinski definition) is 3. The van der Waals surface area contributed by atoms with E-state index in [-0.39, 0.29) is 0 Å². The molecular weight excluding hydrogens is 202 g/mol. The first kappa shape index (κ1) is 8.84. The van der Waals surface area contributed by atoms with Gasteiger partial charge in [-0.2, -0.15) is 5.10 Å². The molecule has 0 radical (unpaired) electrons. The lowest BCUT2D eigenvalue weighted by Gasteiger charge is -2.06. The summed E-state index contributed by atoms with van der Waals surface area (Å²) in [5, 5.41) is 6.72. The van der Waals surface area contributed by atoms with Gasteiger partial charge < -0.3 is 4.57 Å². The summed E-state index contributed by atoms with van der Waals surface area (Å²) in [6.45, 7) is 0. The first-order valence-corrected chi connectivity index (χ1v) is 4.88. The zero-order valence-corrected chi connectivity index (χ0v) is 8.41. The van der Waals surface area contributed by atoms with Crippen molar-refractivity contribution in [3.8, 4) is 17.1 Å². The van der Waals surface area contributed by atoms with Gasteiger partial charge in [-0.1, -0.05) is 12.1 Å². The molecule has 1 aromatic carbocycles. The first-order valence-electron chi connectivity index (χ1n) is 4.88. The van der Waals surface area contributed by atoms with Crippen molar-refractivity contribution in [3.63, 3.8) is 0 Å². The van der Waals surface area contributed by atoms with Gasteiger partial charge in [0.15, 0.2) is 5.82 Å². The molecule has 0 aliphatic heterocycles. The fraction of sp³-hybridized carbons (Fsp3) is 0. The Kier molecular flexibility index (Phi) is 2.00. The summed E-state index contributed by atoms with van der Waals surface area (Å²) >= 11 is 0. The number of rotatable bonds is 2. The van der Waals surface area contributed by atoms with Crippen molar-refractivity contribution < 1.29 is 0 Å². The van der Waals surface area contributed by atoms with Gasteiger partial charge in [-0.15, -0.1) is 0 Å². The average molecular weight is 211 g/mol. The second-order valence-electron chi connectivity index (χ2n) is 3.32. The Balaban J connectivity index is 2.19. The number of aromatic nitrogens is 5. The van der Waals surface area contributed by atoms with Crippen molar-refractivity contribution in [2.24, 2.45) is 0 Å². The molecule has 0 aliphatic rings. The minimum absolute atomic E-state index is 0.754. The molecule has 3 rings (SSSR count). The Bertz CT molecular complexity index is 515. The predicted molar refractivity (Wildman–Crippen MR) is 58.9 cm³/mol. The standard InChI is InChI=1S/C11H9N5/c1-2-4-10(16-6-5-12-8-16)9(3-1)11-13-7-14-15-11/h1-8H,(H,13,14,15). The van der Waals surface area contributed by atoms with Crippen LogP contribution in [0.25, 0.3) is 17.1 Å². The normalized spacial score (nSPS) is 10.5. The van der Waals surface area contributed by atoms with E-state index in [4.69, 9.17) is 0 Å². The van der Waals surface area contributed by atoms with Crippen molar-refractivity contribution in [2.45, 2.75) is 0 Å². The zero-order valence-electron chi connectivity index (χ0n) is 8.41. The van der Waals surface area contributed by atoms with Gasteiger partial charge >= 0.3 is 0 Å². The van der Waals surface area contributed by atoms with E-state index >= 15 is 0 Å². The number of aromatic amines is 1. The predicted octanol–water partition coefficient (Wildman–Crippen LogP) is 1.66. The monoisotopic (exact) mass is 211 g/mol. The van der Waals surface area contributed by atoms with Crippen LogP contribution in [0.5, 0.6) is 0 Å². The van der Waals surface area contributed by atoms with Crippen LogP contribution in [0.2, 0.25) is 0 Å². The van der Waals surface area contributed by atoms with E-state index in [2.05, 4.69) is 20.2 Å². The number of nitrogens with zero attached hydrogens (tertiary/aromatic N) is 4. The van der Waals surface area contributed by atoms with Gasteiger partial charge in [-0.3, -0.25) is 5.10 Å². The van der Waals surface area contributed by atoms with Crippen LogP contribution in [0, 0.1) is 0 Å². The van der Waals surface area contributed by atoms with E-state index in [1.54, 1.807) is 12.5 Å². The maximum absolute atomic E-state index is 4.16. The molecule has 0 saturated carbocycles. The minimum atomic E-state index is 0.754. The van der Waals surface area contributed by atoms with Gasteiger partial charge in [0.2, 0.25) is 0 Å². The Hall–Kier alpha value is -2.43. The second-order valence-corrected chi connectivity index (χ2v) is 3.32. The number of imidazole rings is 1. The van der Waals surface area contributed by atoms with E-state index in [0.29, 0.717) is 0 Å². The van der Waals surface area contributed by atoms with Crippen molar-refractivity contribution in [1.29, 1.82) is 0 Å². The molecule has 78 valence electrons. The molecule has 5 nitrogen and oxygen atoms in total. The summed E-state index contributed by atoms with van der Waals surface area (Å²) in [4.78, 5) is 8.19. The SMILES string of the molecule is c1ccc(-n2ccnc2)c(-c2ncn[nH]2)c1. The van der Waals surface area contributed by atoms with Crippen LogP contribution >= 0.6 is 0 Å². The molecule has 0 saturated heterocycles. The molecule has 0 spiro atoms. The highest BCUT2D eigenvalue weighted by atomic mass is 15.2. The second kappa shape index (κ2) is 3.62. The van der Waals surface area contributed by atoms with Crippen molar-refractivity contribution >= 4 is 0 Å². The maximum atomic E-state index is 4.16. The number of benzene rings is 1. The Morgan fingerprint density at radius 3 is 2.88 bits per heavy atom. The summed E-state index contributed by atoms with van der Waals surface area (Å²) in [6.07, 6.45) is 6.90. The molecule has 0 bridgehead atoms. The van der Waals surface area contributed by atoms with Gasteiger partial charge in [-0.05, 0) is 12.1 Å². The zero-order chi connectivity index (χ0) is 10.8. The van der Waals surface area contributed by atoms with Gasteiger partial charge in [0.25, 0.3) is 0 Å². The molecule has 16 heavy (non-hydrogen) atoms.